The second kappa shape index (κ2) is 6.39. The number of oxime groups is 1. The van der Waals surface area contributed by atoms with E-state index in [0.717, 1.165) is 22.7 Å². The molecule has 1 aliphatic rings. The first-order valence-corrected chi connectivity index (χ1v) is 8.24. The Labute approximate surface area is 125 Å². The number of nitrogens with zero attached hydrogens (tertiary/aromatic N) is 2. The van der Waals surface area contributed by atoms with Crippen LogP contribution in [-0.4, -0.2) is 29.9 Å². The van der Waals surface area contributed by atoms with Crippen molar-refractivity contribution in [2.45, 2.75) is 37.6 Å². The monoisotopic (exact) mass is 293 g/mol. The fourth-order valence-corrected chi connectivity index (χ4v) is 3.65. The number of benzene rings is 1. The summed E-state index contributed by atoms with van der Waals surface area (Å²) in [5, 5.41) is 12.3. The van der Waals surface area contributed by atoms with Crippen LogP contribution in [0.4, 0.5) is 5.69 Å². The summed E-state index contributed by atoms with van der Waals surface area (Å²) in [4.78, 5) is 3.46. The van der Waals surface area contributed by atoms with Crippen molar-refractivity contribution in [1.82, 2.24) is 0 Å². The molecule has 0 saturated carbocycles. The Morgan fingerprint density at radius 1 is 1.50 bits per heavy atom. The SMILES string of the molecule is CSc1cccc(N2CCCC2C(C)C)c1/C(N)=N/O. The lowest BCUT2D eigenvalue weighted by Gasteiger charge is -2.31. The maximum Gasteiger partial charge on any atom is 0.173 e. The summed E-state index contributed by atoms with van der Waals surface area (Å²) in [6, 6.07) is 6.67. The molecule has 1 aliphatic heterocycles. The van der Waals surface area contributed by atoms with E-state index < -0.39 is 0 Å². The predicted octanol–water partition coefficient (Wildman–Crippen LogP) is 3.13. The average Bonchev–Trinajstić information content (AvgIpc) is 2.95. The lowest BCUT2D eigenvalue weighted by molar-refractivity contribution is 0.318. The molecule has 1 fully saturated rings. The average molecular weight is 293 g/mol. The molecule has 3 N–H and O–H groups in total. The number of nitrogens with two attached hydrogens (primary N) is 1. The Morgan fingerprint density at radius 2 is 2.25 bits per heavy atom. The van der Waals surface area contributed by atoms with Gasteiger partial charge in [-0.3, -0.25) is 0 Å². The van der Waals surface area contributed by atoms with Crippen LogP contribution < -0.4 is 10.6 Å². The van der Waals surface area contributed by atoms with Crippen molar-refractivity contribution >= 4 is 23.3 Å². The van der Waals surface area contributed by atoms with E-state index in [1.165, 1.54) is 12.8 Å². The van der Waals surface area contributed by atoms with Crippen molar-refractivity contribution in [1.29, 1.82) is 0 Å². The van der Waals surface area contributed by atoms with Crippen LogP contribution in [0.3, 0.4) is 0 Å². The molecule has 110 valence electrons. The fourth-order valence-electron chi connectivity index (χ4n) is 3.02. The van der Waals surface area contributed by atoms with E-state index in [4.69, 9.17) is 10.9 Å². The minimum absolute atomic E-state index is 0.194. The van der Waals surface area contributed by atoms with E-state index in [9.17, 15) is 0 Å². The van der Waals surface area contributed by atoms with Crippen molar-refractivity contribution < 1.29 is 5.21 Å². The van der Waals surface area contributed by atoms with Gasteiger partial charge < -0.3 is 15.8 Å². The molecule has 5 heteroatoms. The van der Waals surface area contributed by atoms with Gasteiger partial charge in [0.05, 0.1) is 5.56 Å². The summed E-state index contributed by atoms with van der Waals surface area (Å²) in [7, 11) is 0. The maximum absolute atomic E-state index is 9.09. The molecule has 1 saturated heterocycles. The van der Waals surface area contributed by atoms with Crippen molar-refractivity contribution in [3.63, 3.8) is 0 Å². The van der Waals surface area contributed by atoms with Crippen LogP contribution in [0.1, 0.15) is 32.3 Å². The molecule has 1 atom stereocenters. The van der Waals surface area contributed by atoms with Crippen LogP contribution in [0, 0.1) is 5.92 Å². The Hall–Kier alpha value is -1.36. The quantitative estimate of drug-likeness (QED) is 0.294. The summed E-state index contributed by atoms with van der Waals surface area (Å²) in [5.74, 6) is 0.787. The second-order valence-corrected chi connectivity index (χ2v) is 6.33. The van der Waals surface area contributed by atoms with Crippen LogP contribution in [0.15, 0.2) is 28.3 Å². The molecule has 1 heterocycles. The fraction of sp³-hybridized carbons (Fsp3) is 0.533. The van der Waals surface area contributed by atoms with Gasteiger partial charge in [0, 0.05) is 23.2 Å². The number of rotatable bonds is 4. The van der Waals surface area contributed by atoms with Gasteiger partial charge in [0.2, 0.25) is 0 Å². The third kappa shape index (κ3) is 2.73. The highest BCUT2D eigenvalue weighted by atomic mass is 32.2. The molecule has 1 aromatic carbocycles. The van der Waals surface area contributed by atoms with Gasteiger partial charge in [0.15, 0.2) is 5.84 Å². The molecule has 0 amide bonds. The lowest BCUT2D eigenvalue weighted by atomic mass is 10.0. The van der Waals surface area contributed by atoms with Gasteiger partial charge in [-0.25, -0.2) is 0 Å². The molecule has 20 heavy (non-hydrogen) atoms. The number of hydrogen-bond acceptors (Lipinski definition) is 4. The van der Waals surface area contributed by atoms with Crippen molar-refractivity contribution in [2.24, 2.45) is 16.8 Å². The molecule has 0 bridgehead atoms. The number of thioether (sulfide) groups is 1. The zero-order valence-corrected chi connectivity index (χ0v) is 13.2. The van der Waals surface area contributed by atoms with Crippen LogP contribution in [0.5, 0.6) is 0 Å². The number of hydrogen-bond donors (Lipinski definition) is 2. The van der Waals surface area contributed by atoms with E-state index in [-0.39, 0.29) is 5.84 Å². The zero-order chi connectivity index (χ0) is 14.7. The van der Waals surface area contributed by atoms with Crippen LogP contribution >= 0.6 is 11.8 Å². The number of anilines is 1. The van der Waals surface area contributed by atoms with Gasteiger partial charge in [-0.05, 0) is 37.1 Å². The van der Waals surface area contributed by atoms with Crippen LogP contribution in [0.2, 0.25) is 0 Å². The Balaban J connectivity index is 2.51. The molecule has 1 unspecified atom stereocenters. The molecular weight excluding hydrogens is 270 g/mol. The van der Waals surface area contributed by atoms with Gasteiger partial charge in [-0.2, -0.15) is 0 Å². The topological polar surface area (TPSA) is 61.8 Å². The molecule has 1 aromatic rings. The minimum Gasteiger partial charge on any atom is -0.409 e. The zero-order valence-electron chi connectivity index (χ0n) is 12.3. The van der Waals surface area contributed by atoms with Gasteiger partial charge in [-0.15, -0.1) is 11.8 Å². The molecule has 4 nitrogen and oxygen atoms in total. The Bertz CT molecular complexity index is 502. The highest BCUT2D eigenvalue weighted by Crippen LogP contribution is 2.35. The van der Waals surface area contributed by atoms with E-state index in [2.05, 4.69) is 30.0 Å². The molecule has 0 aliphatic carbocycles. The molecule has 0 aromatic heterocycles. The second-order valence-electron chi connectivity index (χ2n) is 5.49. The highest BCUT2D eigenvalue weighted by molar-refractivity contribution is 7.98. The molecule has 0 radical (unpaired) electrons. The number of amidine groups is 1. The summed E-state index contributed by atoms with van der Waals surface area (Å²) in [6.45, 7) is 5.54. The molecule has 2 rings (SSSR count). The predicted molar refractivity (Wildman–Crippen MR) is 85.9 cm³/mol. The summed E-state index contributed by atoms with van der Waals surface area (Å²) in [6.07, 6.45) is 4.41. The Kier molecular flexibility index (Phi) is 4.81. The van der Waals surface area contributed by atoms with Crippen molar-refractivity contribution in [3.05, 3.63) is 23.8 Å². The lowest BCUT2D eigenvalue weighted by Crippen LogP contribution is -2.35. The first-order valence-electron chi connectivity index (χ1n) is 7.01. The van der Waals surface area contributed by atoms with E-state index in [1.54, 1.807) is 11.8 Å². The van der Waals surface area contributed by atoms with Crippen LogP contribution in [0.25, 0.3) is 0 Å². The largest absolute Gasteiger partial charge is 0.409 e. The van der Waals surface area contributed by atoms with Gasteiger partial charge in [0.1, 0.15) is 0 Å². The minimum atomic E-state index is 0.194. The molecular formula is C15H23N3OS. The van der Waals surface area contributed by atoms with Crippen molar-refractivity contribution in [2.75, 3.05) is 17.7 Å². The van der Waals surface area contributed by atoms with E-state index >= 15 is 0 Å². The van der Waals surface area contributed by atoms with E-state index in [1.807, 2.05) is 18.4 Å². The first-order chi connectivity index (χ1) is 9.60. The third-order valence-corrected chi connectivity index (χ3v) is 4.75. The van der Waals surface area contributed by atoms with Gasteiger partial charge in [0.25, 0.3) is 0 Å². The smallest absolute Gasteiger partial charge is 0.173 e. The van der Waals surface area contributed by atoms with Crippen LogP contribution in [-0.2, 0) is 0 Å². The summed E-state index contributed by atoms with van der Waals surface area (Å²) < 4.78 is 0. The normalized spacial score (nSPS) is 19.9. The summed E-state index contributed by atoms with van der Waals surface area (Å²) in [5.41, 5.74) is 7.86. The summed E-state index contributed by atoms with van der Waals surface area (Å²) >= 11 is 1.62. The first kappa shape index (κ1) is 15.0. The Morgan fingerprint density at radius 3 is 2.85 bits per heavy atom. The van der Waals surface area contributed by atoms with Gasteiger partial charge >= 0.3 is 0 Å². The van der Waals surface area contributed by atoms with Gasteiger partial charge in [-0.1, -0.05) is 25.1 Å². The van der Waals surface area contributed by atoms with E-state index in [0.29, 0.717) is 12.0 Å². The standard InChI is InChI=1S/C15H23N3OS/c1-10(2)11-7-5-9-18(11)12-6-4-8-13(20-3)14(12)15(16)17-19/h4,6,8,10-11,19H,5,7,9H2,1-3H3,(H2,16,17). The maximum atomic E-state index is 9.09. The van der Waals surface area contributed by atoms with Crippen molar-refractivity contribution in [3.8, 4) is 0 Å². The molecule has 0 spiro atoms. The third-order valence-electron chi connectivity index (χ3n) is 3.97. The highest BCUT2D eigenvalue weighted by Gasteiger charge is 2.29.